The molecule has 132 valence electrons. The molecular formula is C17H26N4O3. The molecule has 0 spiro atoms. The molecule has 0 saturated carbocycles. The Kier molecular flexibility index (Phi) is 4.38. The topological polar surface area (TPSA) is 90.4 Å². The highest BCUT2D eigenvalue weighted by Gasteiger charge is 2.53. The third-order valence-electron chi connectivity index (χ3n) is 5.71. The van der Waals surface area contributed by atoms with Crippen LogP contribution in [0.15, 0.2) is 0 Å². The van der Waals surface area contributed by atoms with Crippen molar-refractivity contribution in [2.24, 2.45) is 17.1 Å². The number of nitrogens with zero attached hydrogens (tertiary/aromatic N) is 3. The van der Waals surface area contributed by atoms with E-state index in [4.69, 9.17) is 10.5 Å². The van der Waals surface area contributed by atoms with Crippen molar-refractivity contribution < 1.29 is 14.3 Å². The fraction of sp³-hybridized carbons (Fsp3) is 0.706. The first-order valence-electron chi connectivity index (χ1n) is 8.57. The number of primary amides is 1. The fourth-order valence-corrected chi connectivity index (χ4v) is 4.10. The van der Waals surface area contributed by atoms with Gasteiger partial charge in [0.2, 0.25) is 11.8 Å². The van der Waals surface area contributed by atoms with Crippen molar-refractivity contribution in [2.75, 3.05) is 26.3 Å². The van der Waals surface area contributed by atoms with Crippen LogP contribution in [0.3, 0.4) is 0 Å². The van der Waals surface area contributed by atoms with E-state index in [1.165, 1.54) is 0 Å². The largest absolute Gasteiger partial charge is 0.381 e. The Balaban J connectivity index is 1.77. The summed E-state index contributed by atoms with van der Waals surface area (Å²) in [6.07, 6.45) is 0.919. The van der Waals surface area contributed by atoms with E-state index in [1.807, 2.05) is 25.5 Å². The highest BCUT2D eigenvalue weighted by molar-refractivity contribution is 5.85. The van der Waals surface area contributed by atoms with Crippen molar-refractivity contribution in [3.63, 3.8) is 0 Å². The van der Waals surface area contributed by atoms with Gasteiger partial charge in [-0.05, 0) is 27.2 Å². The van der Waals surface area contributed by atoms with Gasteiger partial charge >= 0.3 is 0 Å². The highest BCUT2D eigenvalue weighted by Crippen LogP contribution is 2.42. The lowest BCUT2D eigenvalue weighted by atomic mass is 9.74. The summed E-state index contributed by atoms with van der Waals surface area (Å²) in [5, 5.41) is 4.47. The van der Waals surface area contributed by atoms with Gasteiger partial charge in [0.1, 0.15) is 0 Å². The van der Waals surface area contributed by atoms with Gasteiger partial charge in [0.05, 0.1) is 24.1 Å². The molecule has 2 N–H and O–H groups in total. The van der Waals surface area contributed by atoms with E-state index in [1.54, 1.807) is 4.90 Å². The first kappa shape index (κ1) is 17.0. The van der Waals surface area contributed by atoms with Crippen LogP contribution in [0.2, 0.25) is 0 Å². The second kappa shape index (κ2) is 6.20. The molecule has 3 rings (SSSR count). The number of aromatic nitrogens is 2. The smallest absolute Gasteiger partial charge is 0.227 e. The number of nitrogens with two attached hydrogens (primary N) is 1. The first-order valence-corrected chi connectivity index (χ1v) is 8.57. The van der Waals surface area contributed by atoms with Crippen molar-refractivity contribution in [1.82, 2.24) is 14.7 Å². The maximum atomic E-state index is 12.8. The number of ether oxygens (including phenoxy) is 1. The van der Waals surface area contributed by atoms with E-state index in [0.717, 1.165) is 23.5 Å². The Morgan fingerprint density at radius 1 is 1.42 bits per heavy atom. The maximum absolute atomic E-state index is 12.8. The van der Waals surface area contributed by atoms with Gasteiger partial charge in [-0.3, -0.25) is 14.3 Å². The number of hydrogen-bond donors (Lipinski definition) is 1. The minimum absolute atomic E-state index is 0.00765. The maximum Gasteiger partial charge on any atom is 0.227 e. The highest BCUT2D eigenvalue weighted by atomic mass is 16.5. The number of carbonyl (C=O) groups is 2. The zero-order chi connectivity index (χ0) is 17.5. The zero-order valence-corrected chi connectivity index (χ0v) is 14.7. The van der Waals surface area contributed by atoms with Crippen molar-refractivity contribution in [1.29, 1.82) is 0 Å². The van der Waals surface area contributed by atoms with Crippen LogP contribution in [0.4, 0.5) is 0 Å². The van der Waals surface area contributed by atoms with E-state index in [2.05, 4.69) is 5.10 Å². The normalized spacial score (nSPS) is 26.5. The molecule has 2 atom stereocenters. The second-order valence-corrected chi connectivity index (χ2v) is 6.96. The van der Waals surface area contributed by atoms with Gasteiger partial charge in [-0.15, -0.1) is 0 Å². The molecule has 0 aliphatic carbocycles. The molecule has 1 aromatic rings. The fourth-order valence-electron chi connectivity index (χ4n) is 4.10. The van der Waals surface area contributed by atoms with Crippen LogP contribution in [0.1, 0.15) is 30.3 Å². The molecule has 2 aliphatic heterocycles. The minimum atomic E-state index is -0.619. The van der Waals surface area contributed by atoms with Gasteiger partial charge in [0.25, 0.3) is 0 Å². The molecule has 2 aliphatic rings. The lowest BCUT2D eigenvalue weighted by Crippen LogP contribution is -2.48. The number of fused-ring (bicyclic) bond motifs is 1. The molecule has 0 radical (unpaired) electrons. The van der Waals surface area contributed by atoms with Crippen LogP contribution in [0, 0.1) is 25.2 Å². The first-order chi connectivity index (χ1) is 11.4. The number of amides is 2. The Bertz CT molecular complexity index is 669. The average Bonchev–Trinajstić information content (AvgIpc) is 3.08. The Labute approximate surface area is 142 Å². The molecule has 0 bridgehead atoms. The molecule has 0 unspecified atom stereocenters. The molecule has 3 heterocycles. The predicted molar refractivity (Wildman–Crippen MR) is 88.2 cm³/mol. The minimum Gasteiger partial charge on any atom is -0.381 e. The molecule has 0 aromatic carbocycles. The summed E-state index contributed by atoms with van der Waals surface area (Å²) in [5.41, 5.74) is 7.98. The van der Waals surface area contributed by atoms with E-state index < -0.39 is 5.41 Å². The number of likely N-dealkylation sites (tertiary alicyclic amines) is 1. The van der Waals surface area contributed by atoms with Gasteiger partial charge in [0, 0.05) is 43.4 Å². The number of carbonyl (C=O) groups excluding carboxylic acids is 2. The van der Waals surface area contributed by atoms with E-state index in [-0.39, 0.29) is 17.7 Å². The van der Waals surface area contributed by atoms with Crippen LogP contribution in [-0.2, 0) is 27.3 Å². The summed E-state index contributed by atoms with van der Waals surface area (Å²) in [7, 11) is 0. The Morgan fingerprint density at radius 2 is 2.17 bits per heavy atom. The molecule has 24 heavy (non-hydrogen) atoms. The lowest BCUT2D eigenvalue weighted by Gasteiger charge is -2.34. The number of hydrogen-bond acceptors (Lipinski definition) is 4. The van der Waals surface area contributed by atoms with Crippen LogP contribution < -0.4 is 5.73 Å². The lowest BCUT2D eigenvalue weighted by molar-refractivity contribution is -0.136. The summed E-state index contributed by atoms with van der Waals surface area (Å²) >= 11 is 0. The molecule has 2 fully saturated rings. The molecule has 7 nitrogen and oxygen atoms in total. The Hall–Kier alpha value is -1.89. The average molecular weight is 334 g/mol. The summed E-state index contributed by atoms with van der Waals surface area (Å²) in [6, 6.07) is 0. The summed E-state index contributed by atoms with van der Waals surface area (Å²) in [4.78, 5) is 26.7. The van der Waals surface area contributed by atoms with E-state index in [9.17, 15) is 9.59 Å². The zero-order valence-electron chi connectivity index (χ0n) is 14.7. The second-order valence-electron chi connectivity index (χ2n) is 6.96. The van der Waals surface area contributed by atoms with Gasteiger partial charge < -0.3 is 15.4 Å². The van der Waals surface area contributed by atoms with Gasteiger partial charge in [-0.25, -0.2) is 0 Å². The van der Waals surface area contributed by atoms with Gasteiger partial charge in [-0.2, -0.15) is 5.10 Å². The van der Waals surface area contributed by atoms with Crippen LogP contribution in [0.5, 0.6) is 0 Å². The predicted octanol–water partition coefficient (Wildman–Crippen LogP) is 0.413. The number of aryl methyl sites for hydroxylation is 2. The molecule has 2 amide bonds. The Morgan fingerprint density at radius 3 is 2.75 bits per heavy atom. The van der Waals surface area contributed by atoms with Crippen molar-refractivity contribution in [3.8, 4) is 0 Å². The van der Waals surface area contributed by atoms with E-state index in [0.29, 0.717) is 39.1 Å². The molecule has 1 aromatic heterocycles. The van der Waals surface area contributed by atoms with Crippen molar-refractivity contribution >= 4 is 11.8 Å². The van der Waals surface area contributed by atoms with Crippen LogP contribution in [0.25, 0.3) is 0 Å². The number of rotatable bonds is 4. The van der Waals surface area contributed by atoms with E-state index >= 15 is 0 Å². The van der Waals surface area contributed by atoms with Crippen LogP contribution >= 0.6 is 0 Å². The SMILES string of the molecule is CCn1nc(C)c(CC(=O)N2C[C@@H]3COCC[C@]3(C(N)=O)C2)c1C. The van der Waals surface area contributed by atoms with Crippen molar-refractivity contribution in [3.05, 3.63) is 17.0 Å². The van der Waals surface area contributed by atoms with Gasteiger partial charge in [0.15, 0.2) is 0 Å². The van der Waals surface area contributed by atoms with Gasteiger partial charge in [-0.1, -0.05) is 0 Å². The summed E-state index contributed by atoms with van der Waals surface area (Å²) in [6.45, 7) is 8.74. The quantitative estimate of drug-likeness (QED) is 0.863. The third kappa shape index (κ3) is 2.60. The van der Waals surface area contributed by atoms with Crippen molar-refractivity contribution in [2.45, 2.75) is 40.2 Å². The molecule has 2 saturated heterocycles. The third-order valence-corrected chi connectivity index (χ3v) is 5.71. The molecular weight excluding hydrogens is 308 g/mol. The summed E-state index contributed by atoms with van der Waals surface area (Å²) < 4.78 is 7.42. The summed E-state index contributed by atoms with van der Waals surface area (Å²) in [5.74, 6) is -0.266. The monoisotopic (exact) mass is 334 g/mol. The standard InChI is InChI=1S/C17H26N4O3/c1-4-21-12(3)14(11(2)19-21)7-15(22)20-8-13-9-24-6-5-17(13,10-20)16(18)23/h13H,4-10H2,1-3H3,(H2,18,23)/t13-,17+/m1/s1. The molecule has 7 heteroatoms. The van der Waals surface area contributed by atoms with Crippen LogP contribution in [-0.4, -0.2) is 52.8 Å².